The van der Waals surface area contributed by atoms with Crippen LogP contribution in [0.2, 0.25) is 10.0 Å². The number of fused-ring (bicyclic) bond motifs is 1. The molecule has 0 aliphatic heterocycles. The van der Waals surface area contributed by atoms with Gasteiger partial charge in [0, 0.05) is 17.4 Å². The Morgan fingerprint density at radius 1 is 1.28 bits per heavy atom. The Balaban J connectivity index is 1.66. The molecule has 29 heavy (non-hydrogen) atoms. The quantitative estimate of drug-likeness (QED) is 0.518. The molecule has 1 amide bonds. The van der Waals surface area contributed by atoms with Crippen molar-refractivity contribution in [3.05, 3.63) is 70.1 Å². The van der Waals surface area contributed by atoms with Crippen molar-refractivity contribution in [3.63, 3.8) is 0 Å². The first-order valence-corrected chi connectivity index (χ1v) is 11.0. The van der Waals surface area contributed by atoms with E-state index < -0.39 is 17.9 Å². The lowest BCUT2D eigenvalue weighted by Crippen LogP contribution is -2.42. The Hall–Kier alpha value is -2.22. The standard InChI is InChI=1S/C20H19Cl2N3O3S/c1-29-9-7-17(24-19(26)15-6-5-13(21)10-16(15)22)20(27)28-12-14-11-25-8-3-2-4-18(25)23-14/h2-6,8,10-11,17H,7,9,12H2,1H3,(H,24,26). The van der Waals surface area contributed by atoms with Crippen LogP contribution >= 0.6 is 35.0 Å². The van der Waals surface area contributed by atoms with Gasteiger partial charge in [-0.3, -0.25) is 4.79 Å². The Labute approximate surface area is 182 Å². The molecule has 1 unspecified atom stereocenters. The molecule has 1 N–H and O–H groups in total. The highest BCUT2D eigenvalue weighted by Gasteiger charge is 2.24. The SMILES string of the molecule is CSCCC(NC(=O)c1ccc(Cl)cc1Cl)C(=O)OCc1cn2ccccc2n1. The van der Waals surface area contributed by atoms with Gasteiger partial charge in [0.15, 0.2) is 0 Å². The summed E-state index contributed by atoms with van der Waals surface area (Å²) in [5.74, 6) is -0.292. The first-order chi connectivity index (χ1) is 14.0. The van der Waals surface area contributed by atoms with Crippen LogP contribution in [0.3, 0.4) is 0 Å². The van der Waals surface area contributed by atoms with E-state index in [0.717, 1.165) is 5.65 Å². The fraction of sp³-hybridized carbons (Fsp3) is 0.250. The van der Waals surface area contributed by atoms with Gasteiger partial charge in [-0.05, 0) is 48.8 Å². The van der Waals surface area contributed by atoms with E-state index in [-0.39, 0.29) is 17.2 Å². The number of esters is 1. The third kappa shape index (κ3) is 5.65. The molecule has 2 heterocycles. The Morgan fingerprint density at radius 2 is 2.10 bits per heavy atom. The fourth-order valence-electron chi connectivity index (χ4n) is 2.70. The number of nitrogens with one attached hydrogen (secondary N) is 1. The monoisotopic (exact) mass is 451 g/mol. The number of carbonyl (C=O) groups excluding carboxylic acids is 2. The molecular weight excluding hydrogens is 433 g/mol. The highest BCUT2D eigenvalue weighted by atomic mass is 35.5. The number of hydrogen-bond donors (Lipinski definition) is 1. The van der Waals surface area contributed by atoms with Crippen LogP contribution in [0.25, 0.3) is 5.65 Å². The zero-order valence-corrected chi connectivity index (χ0v) is 17.9. The zero-order valence-electron chi connectivity index (χ0n) is 15.6. The van der Waals surface area contributed by atoms with E-state index in [9.17, 15) is 9.59 Å². The van der Waals surface area contributed by atoms with E-state index >= 15 is 0 Å². The zero-order chi connectivity index (χ0) is 20.8. The summed E-state index contributed by atoms with van der Waals surface area (Å²) in [7, 11) is 0. The first kappa shape index (κ1) is 21.5. The van der Waals surface area contributed by atoms with E-state index in [2.05, 4.69) is 10.3 Å². The maximum absolute atomic E-state index is 12.6. The largest absolute Gasteiger partial charge is 0.458 e. The van der Waals surface area contributed by atoms with Crippen molar-refractivity contribution in [1.29, 1.82) is 0 Å². The number of imidazole rings is 1. The summed E-state index contributed by atoms with van der Waals surface area (Å²) >= 11 is 13.5. The number of hydrogen-bond acceptors (Lipinski definition) is 5. The molecule has 0 radical (unpaired) electrons. The number of rotatable bonds is 8. The van der Waals surface area contributed by atoms with Crippen LogP contribution < -0.4 is 5.32 Å². The molecule has 6 nitrogen and oxygen atoms in total. The Kier molecular flexibility index (Phi) is 7.41. The van der Waals surface area contributed by atoms with E-state index in [1.54, 1.807) is 24.0 Å². The van der Waals surface area contributed by atoms with Crippen molar-refractivity contribution >= 4 is 52.5 Å². The van der Waals surface area contributed by atoms with Crippen LogP contribution in [0, 0.1) is 0 Å². The van der Waals surface area contributed by atoms with Gasteiger partial charge in [0.05, 0.1) is 16.3 Å². The number of benzene rings is 1. The number of aromatic nitrogens is 2. The van der Waals surface area contributed by atoms with Crippen LogP contribution in [-0.4, -0.2) is 39.3 Å². The van der Waals surface area contributed by atoms with Crippen molar-refractivity contribution in [1.82, 2.24) is 14.7 Å². The van der Waals surface area contributed by atoms with Crippen molar-refractivity contribution in [2.45, 2.75) is 19.1 Å². The van der Waals surface area contributed by atoms with Crippen LogP contribution in [0.4, 0.5) is 0 Å². The lowest BCUT2D eigenvalue weighted by Gasteiger charge is -2.17. The molecule has 0 aliphatic rings. The number of thioether (sulfide) groups is 1. The molecule has 1 aromatic carbocycles. The molecule has 2 aromatic heterocycles. The van der Waals surface area contributed by atoms with Crippen molar-refractivity contribution < 1.29 is 14.3 Å². The number of pyridine rings is 1. The van der Waals surface area contributed by atoms with Crippen LogP contribution in [0.15, 0.2) is 48.8 Å². The topological polar surface area (TPSA) is 72.7 Å². The second-order valence-electron chi connectivity index (χ2n) is 6.24. The number of halogens is 2. The highest BCUT2D eigenvalue weighted by Crippen LogP contribution is 2.21. The maximum atomic E-state index is 12.6. The summed E-state index contributed by atoms with van der Waals surface area (Å²) in [6.45, 7) is 0.0217. The van der Waals surface area contributed by atoms with Crippen molar-refractivity contribution in [2.75, 3.05) is 12.0 Å². The van der Waals surface area contributed by atoms with E-state index in [1.807, 2.05) is 35.1 Å². The smallest absolute Gasteiger partial charge is 0.329 e. The molecule has 0 spiro atoms. The summed E-state index contributed by atoms with van der Waals surface area (Å²) in [5, 5.41) is 3.36. The summed E-state index contributed by atoms with van der Waals surface area (Å²) < 4.78 is 7.26. The molecule has 3 rings (SSSR count). The third-order valence-corrected chi connectivity index (χ3v) is 5.34. The number of ether oxygens (including phenoxy) is 1. The minimum absolute atomic E-state index is 0.0217. The van der Waals surface area contributed by atoms with Crippen molar-refractivity contribution in [2.24, 2.45) is 0 Å². The van der Waals surface area contributed by atoms with Gasteiger partial charge in [-0.25, -0.2) is 9.78 Å². The molecule has 9 heteroatoms. The molecule has 0 aliphatic carbocycles. The van der Waals surface area contributed by atoms with E-state index in [4.69, 9.17) is 27.9 Å². The summed E-state index contributed by atoms with van der Waals surface area (Å²) in [4.78, 5) is 29.6. The molecule has 0 saturated carbocycles. The number of nitrogens with zero attached hydrogens (tertiary/aromatic N) is 2. The highest BCUT2D eigenvalue weighted by molar-refractivity contribution is 7.98. The average molecular weight is 452 g/mol. The van der Waals surface area contributed by atoms with Crippen molar-refractivity contribution in [3.8, 4) is 0 Å². The van der Waals surface area contributed by atoms with Gasteiger partial charge in [0.25, 0.3) is 5.91 Å². The Morgan fingerprint density at radius 3 is 2.83 bits per heavy atom. The minimum Gasteiger partial charge on any atom is -0.458 e. The average Bonchev–Trinajstić information content (AvgIpc) is 3.12. The molecule has 0 fully saturated rings. The van der Waals surface area contributed by atoms with Gasteiger partial charge in [-0.15, -0.1) is 0 Å². The van der Waals surface area contributed by atoms with Gasteiger partial charge in [0.1, 0.15) is 18.3 Å². The second-order valence-corrected chi connectivity index (χ2v) is 8.07. The van der Waals surface area contributed by atoms with Gasteiger partial charge in [-0.2, -0.15) is 11.8 Å². The molecule has 0 bridgehead atoms. The van der Waals surface area contributed by atoms with E-state index in [0.29, 0.717) is 22.9 Å². The molecule has 3 aromatic rings. The van der Waals surface area contributed by atoms with Crippen LogP contribution in [0.1, 0.15) is 22.5 Å². The first-order valence-electron chi connectivity index (χ1n) is 8.82. The predicted octanol–water partition coefficient (Wildman–Crippen LogP) is 4.24. The predicted molar refractivity (Wildman–Crippen MR) is 116 cm³/mol. The molecular formula is C20H19Cl2N3O3S. The lowest BCUT2D eigenvalue weighted by atomic mass is 10.1. The summed E-state index contributed by atoms with van der Waals surface area (Å²) in [6, 6.07) is 9.42. The molecule has 1 atom stereocenters. The maximum Gasteiger partial charge on any atom is 0.329 e. The van der Waals surface area contributed by atoms with Crippen LogP contribution in [-0.2, 0) is 16.1 Å². The van der Waals surface area contributed by atoms with Crippen LogP contribution in [0.5, 0.6) is 0 Å². The normalized spacial score (nSPS) is 12.0. The van der Waals surface area contributed by atoms with E-state index in [1.165, 1.54) is 12.1 Å². The summed E-state index contributed by atoms with van der Waals surface area (Å²) in [6.07, 6.45) is 6.02. The number of carbonyl (C=O) groups is 2. The van der Waals surface area contributed by atoms with Gasteiger partial charge in [-0.1, -0.05) is 29.3 Å². The van der Waals surface area contributed by atoms with Gasteiger partial charge in [0.2, 0.25) is 0 Å². The molecule has 0 saturated heterocycles. The molecule has 152 valence electrons. The third-order valence-electron chi connectivity index (χ3n) is 4.15. The Bertz CT molecular complexity index is 992. The van der Waals surface area contributed by atoms with Gasteiger partial charge >= 0.3 is 5.97 Å². The fourth-order valence-corrected chi connectivity index (χ4v) is 3.66. The van der Waals surface area contributed by atoms with Gasteiger partial charge < -0.3 is 14.5 Å². The number of amides is 1. The second kappa shape index (κ2) is 10.0. The lowest BCUT2D eigenvalue weighted by molar-refractivity contribution is -0.147. The minimum atomic E-state index is -0.793. The summed E-state index contributed by atoms with van der Waals surface area (Å²) in [5.41, 5.74) is 1.64.